The van der Waals surface area contributed by atoms with Crippen LogP contribution in [0.15, 0.2) is 56.9 Å². The van der Waals surface area contributed by atoms with Crippen molar-refractivity contribution in [2.75, 3.05) is 7.11 Å². The van der Waals surface area contributed by atoms with E-state index in [1.807, 2.05) is 20.8 Å². The Bertz CT molecular complexity index is 1010. The van der Waals surface area contributed by atoms with E-state index in [4.69, 9.17) is 4.74 Å². The number of hydrazone groups is 1. The van der Waals surface area contributed by atoms with E-state index in [1.54, 1.807) is 37.4 Å². The normalized spacial score (nSPS) is 12.9. The number of nitrogens with one attached hydrogen (secondary N) is 2. The van der Waals surface area contributed by atoms with Crippen molar-refractivity contribution >= 4 is 38.1 Å². The molecule has 1 amide bonds. The van der Waals surface area contributed by atoms with Gasteiger partial charge < -0.3 is 4.74 Å². The molecule has 0 saturated heterocycles. The van der Waals surface area contributed by atoms with E-state index in [-0.39, 0.29) is 10.8 Å². The van der Waals surface area contributed by atoms with Crippen molar-refractivity contribution in [3.8, 4) is 5.75 Å². The first kappa shape index (κ1) is 24.0. The fourth-order valence-corrected chi connectivity index (χ4v) is 4.43. The molecule has 0 aliphatic heterocycles. The lowest BCUT2D eigenvalue weighted by atomic mass is 10.0. The monoisotopic (exact) mass is 495 g/mol. The van der Waals surface area contributed by atoms with Crippen LogP contribution in [0.5, 0.6) is 5.75 Å². The molecule has 9 heteroatoms. The molecule has 0 heterocycles. The Hall–Kier alpha value is -2.23. The molecule has 0 bridgehead atoms. The largest absolute Gasteiger partial charge is 0.496 e. The third kappa shape index (κ3) is 6.93. The maximum absolute atomic E-state index is 12.7. The van der Waals surface area contributed by atoms with Crippen molar-refractivity contribution in [1.29, 1.82) is 0 Å². The van der Waals surface area contributed by atoms with Crippen LogP contribution in [0.1, 0.15) is 31.4 Å². The van der Waals surface area contributed by atoms with Crippen LogP contribution in [0.25, 0.3) is 0 Å². The highest BCUT2D eigenvalue weighted by atomic mass is 79.9. The lowest BCUT2D eigenvalue weighted by molar-refractivity contribution is -0.123. The molecule has 0 radical (unpaired) electrons. The molecule has 0 fully saturated rings. The van der Waals surface area contributed by atoms with Crippen LogP contribution in [0.4, 0.5) is 0 Å². The average molecular weight is 496 g/mol. The summed E-state index contributed by atoms with van der Waals surface area (Å²) in [6, 6.07) is 10.8. The highest BCUT2D eigenvalue weighted by molar-refractivity contribution is 9.10. The summed E-state index contributed by atoms with van der Waals surface area (Å²) in [6.07, 6.45) is 1.81. The number of halogens is 1. The Labute approximate surface area is 186 Å². The minimum absolute atomic E-state index is 0.1000. The zero-order chi connectivity index (χ0) is 22.3. The Morgan fingerprint density at radius 1 is 1.20 bits per heavy atom. The van der Waals surface area contributed by atoms with Crippen molar-refractivity contribution in [1.82, 2.24) is 10.1 Å². The van der Waals surface area contributed by atoms with Crippen LogP contribution in [0.3, 0.4) is 0 Å². The maximum atomic E-state index is 12.7. The molecule has 0 spiro atoms. The number of hydrogen-bond donors (Lipinski definition) is 2. The predicted molar refractivity (Wildman–Crippen MR) is 121 cm³/mol. The second kappa shape index (κ2) is 10.7. The Morgan fingerprint density at radius 3 is 2.43 bits per heavy atom. The first-order valence-corrected chi connectivity index (χ1v) is 11.7. The predicted octanol–water partition coefficient (Wildman–Crippen LogP) is 3.61. The fourth-order valence-electron chi connectivity index (χ4n) is 2.66. The zero-order valence-corrected chi connectivity index (χ0v) is 19.7. The van der Waals surface area contributed by atoms with Crippen LogP contribution in [0.2, 0.25) is 0 Å². The molecule has 2 rings (SSSR count). The number of ether oxygens (including phenoxy) is 1. The lowest BCUT2D eigenvalue weighted by Gasteiger charge is -2.19. The standard InChI is InChI=1S/C21H26BrN3O4S/c1-14(2)11-19(25-30(27,28)17-8-5-15(3)6-9-17)21(26)24-23-13-16-7-10-20(29-4)18(22)12-16/h5-10,12-14,19,25H,11H2,1-4H3,(H,24,26)/b23-13-/t19-/m1/s1. The highest BCUT2D eigenvalue weighted by Gasteiger charge is 2.26. The molecule has 162 valence electrons. The van der Waals surface area contributed by atoms with Crippen molar-refractivity contribution in [3.05, 3.63) is 58.1 Å². The summed E-state index contributed by atoms with van der Waals surface area (Å²) in [6.45, 7) is 5.70. The number of rotatable bonds is 9. The van der Waals surface area contributed by atoms with Crippen LogP contribution in [-0.4, -0.2) is 33.7 Å². The van der Waals surface area contributed by atoms with Gasteiger partial charge >= 0.3 is 0 Å². The molecule has 2 aromatic carbocycles. The summed E-state index contributed by atoms with van der Waals surface area (Å²) < 4.78 is 33.8. The van der Waals surface area contributed by atoms with Crippen LogP contribution >= 0.6 is 15.9 Å². The van der Waals surface area contributed by atoms with E-state index in [2.05, 4.69) is 31.2 Å². The highest BCUT2D eigenvalue weighted by Crippen LogP contribution is 2.24. The van der Waals surface area contributed by atoms with Crippen molar-refractivity contribution in [3.63, 3.8) is 0 Å². The molecular weight excluding hydrogens is 470 g/mol. The number of aryl methyl sites for hydroxylation is 1. The maximum Gasteiger partial charge on any atom is 0.258 e. The van der Waals surface area contributed by atoms with Crippen LogP contribution in [-0.2, 0) is 14.8 Å². The summed E-state index contributed by atoms with van der Waals surface area (Å²) in [5.74, 6) is 0.255. The zero-order valence-electron chi connectivity index (χ0n) is 17.3. The van der Waals surface area contributed by atoms with E-state index in [0.29, 0.717) is 12.2 Å². The quantitative estimate of drug-likeness (QED) is 0.410. The van der Waals surface area contributed by atoms with Gasteiger partial charge in [-0.1, -0.05) is 31.5 Å². The number of amides is 1. The van der Waals surface area contributed by atoms with Crippen molar-refractivity contribution in [2.45, 2.75) is 38.1 Å². The van der Waals surface area contributed by atoms with Crippen molar-refractivity contribution < 1.29 is 17.9 Å². The number of sulfonamides is 1. The summed E-state index contributed by atoms with van der Waals surface area (Å²) >= 11 is 3.39. The van der Waals surface area contributed by atoms with Crippen LogP contribution in [0, 0.1) is 12.8 Å². The van der Waals surface area contributed by atoms with E-state index < -0.39 is 22.0 Å². The van der Waals surface area contributed by atoms with E-state index in [9.17, 15) is 13.2 Å². The van der Waals surface area contributed by atoms with Crippen LogP contribution < -0.4 is 14.9 Å². The second-order valence-electron chi connectivity index (χ2n) is 7.24. The number of carbonyl (C=O) groups excluding carboxylic acids is 1. The molecule has 30 heavy (non-hydrogen) atoms. The molecule has 0 saturated carbocycles. The van der Waals surface area contributed by atoms with Gasteiger partial charge in [0.25, 0.3) is 5.91 Å². The molecule has 2 aromatic rings. The molecule has 0 aromatic heterocycles. The van der Waals surface area contributed by atoms with Gasteiger partial charge in [0.1, 0.15) is 11.8 Å². The topological polar surface area (TPSA) is 96.9 Å². The molecule has 1 atom stereocenters. The van der Waals surface area contributed by atoms with E-state index in [1.165, 1.54) is 18.3 Å². The van der Waals surface area contributed by atoms with Gasteiger partial charge in [0, 0.05) is 0 Å². The molecule has 0 aliphatic carbocycles. The van der Waals surface area contributed by atoms with Gasteiger partial charge in [-0.3, -0.25) is 4.79 Å². The van der Waals surface area contributed by atoms with Gasteiger partial charge in [0.05, 0.1) is 22.7 Å². The molecule has 0 aliphatic rings. The number of methoxy groups -OCH3 is 1. The third-order valence-electron chi connectivity index (χ3n) is 4.22. The van der Waals surface area contributed by atoms with Gasteiger partial charge in [-0.15, -0.1) is 0 Å². The SMILES string of the molecule is COc1ccc(/C=N\NC(=O)[C@@H](CC(C)C)NS(=O)(=O)c2ccc(C)cc2)cc1Br. The van der Waals surface area contributed by atoms with Gasteiger partial charge in [-0.05, 0) is 71.1 Å². The second-order valence-corrected chi connectivity index (χ2v) is 9.81. The number of hydrogen-bond acceptors (Lipinski definition) is 5. The fraction of sp³-hybridized carbons (Fsp3) is 0.333. The summed E-state index contributed by atoms with van der Waals surface area (Å²) in [5.41, 5.74) is 4.11. The van der Waals surface area contributed by atoms with Gasteiger partial charge in [-0.25, -0.2) is 13.8 Å². The number of benzene rings is 2. The summed E-state index contributed by atoms with van der Waals surface area (Å²) in [4.78, 5) is 12.7. The first-order chi connectivity index (χ1) is 14.1. The Balaban J connectivity index is 2.11. The van der Waals surface area contributed by atoms with Crippen molar-refractivity contribution in [2.24, 2.45) is 11.0 Å². The van der Waals surface area contributed by atoms with Gasteiger partial charge in [-0.2, -0.15) is 9.82 Å². The van der Waals surface area contributed by atoms with E-state index in [0.717, 1.165) is 15.6 Å². The summed E-state index contributed by atoms with van der Waals surface area (Å²) in [7, 11) is -2.27. The number of nitrogens with zero attached hydrogens (tertiary/aromatic N) is 1. The molecule has 7 nitrogen and oxygen atoms in total. The molecule has 2 N–H and O–H groups in total. The lowest BCUT2D eigenvalue weighted by Crippen LogP contribution is -2.46. The summed E-state index contributed by atoms with van der Waals surface area (Å²) in [5, 5.41) is 3.96. The first-order valence-electron chi connectivity index (χ1n) is 9.38. The minimum atomic E-state index is -3.84. The molecular formula is C21H26BrN3O4S. The minimum Gasteiger partial charge on any atom is -0.496 e. The van der Waals surface area contributed by atoms with Gasteiger partial charge in [0.2, 0.25) is 10.0 Å². The smallest absolute Gasteiger partial charge is 0.258 e. The molecule has 0 unspecified atom stereocenters. The number of carbonyl (C=O) groups is 1. The Morgan fingerprint density at radius 2 is 1.87 bits per heavy atom. The third-order valence-corrected chi connectivity index (χ3v) is 6.32. The van der Waals surface area contributed by atoms with Gasteiger partial charge in [0.15, 0.2) is 0 Å². The average Bonchev–Trinajstić information content (AvgIpc) is 2.67. The Kier molecular flexibility index (Phi) is 8.57. The van der Waals surface area contributed by atoms with E-state index >= 15 is 0 Å².